The summed E-state index contributed by atoms with van der Waals surface area (Å²) in [6.07, 6.45) is 1.98. The first kappa shape index (κ1) is 23.6. The monoisotopic (exact) mass is 479 g/mol. The highest BCUT2D eigenvalue weighted by Gasteiger charge is 2.49. The summed E-state index contributed by atoms with van der Waals surface area (Å²) in [6.45, 7) is 6.78. The summed E-state index contributed by atoms with van der Waals surface area (Å²) >= 11 is 0. The minimum Gasteiger partial charge on any atom is -0.444 e. The molecule has 1 aliphatic heterocycles. The van der Waals surface area contributed by atoms with Gasteiger partial charge in [-0.05, 0) is 20.8 Å². The van der Waals surface area contributed by atoms with Gasteiger partial charge in [-0.1, -0.05) is 0 Å². The van der Waals surface area contributed by atoms with Crippen molar-refractivity contribution in [3.05, 3.63) is 28.8 Å². The molecular formula is C17H20F3N5O6S. The van der Waals surface area contributed by atoms with Crippen LogP contribution in [0.15, 0.2) is 23.3 Å². The molecule has 0 atom stereocenters. The molecule has 1 aliphatic rings. The lowest BCUT2D eigenvalue weighted by Crippen LogP contribution is -2.50. The molecule has 2 aromatic heterocycles. The van der Waals surface area contributed by atoms with Crippen molar-refractivity contribution >= 4 is 27.7 Å². The Morgan fingerprint density at radius 1 is 1.12 bits per heavy atom. The standard InChI is InChI=1S/C17H20F3N5O6S/c1-16(2,3)30-15(27)24-6-4-23(5-7-24)12-10-25-11(9-21-12)22-13(8-14(25)26)31-32(28,29)17(18,19)20/h8-10H,4-7H2,1-3H3. The van der Waals surface area contributed by atoms with E-state index in [1.807, 2.05) is 0 Å². The average Bonchev–Trinajstić information content (AvgIpc) is 2.65. The highest BCUT2D eigenvalue weighted by molar-refractivity contribution is 7.87. The highest BCUT2D eigenvalue weighted by Crippen LogP contribution is 2.26. The minimum atomic E-state index is -5.97. The predicted octanol–water partition coefficient (Wildman–Crippen LogP) is 1.38. The Balaban J connectivity index is 1.76. The third-order valence-corrected chi connectivity index (χ3v) is 5.20. The largest absolute Gasteiger partial charge is 0.534 e. The van der Waals surface area contributed by atoms with E-state index in [-0.39, 0.29) is 5.65 Å². The van der Waals surface area contributed by atoms with E-state index in [1.54, 1.807) is 30.6 Å². The number of ether oxygens (including phenoxy) is 1. The van der Waals surface area contributed by atoms with Gasteiger partial charge in [-0.25, -0.2) is 9.78 Å². The number of fused-ring (bicyclic) bond motifs is 1. The van der Waals surface area contributed by atoms with E-state index in [0.717, 1.165) is 10.6 Å². The second-order valence-corrected chi connectivity index (χ2v) is 9.38. The fraction of sp³-hybridized carbons (Fsp3) is 0.529. The second-order valence-electron chi connectivity index (χ2n) is 7.84. The van der Waals surface area contributed by atoms with Gasteiger partial charge in [0.05, 0.1) is 18.5 Å². The van der Waals surface area contributed by atoms with Gasteiger partial charge in [0.1, 0.15) is 11.4 Å². The van der Waals surface area contributed by atoms with Gasteiger partial charge in [-0.2, -0.15) is 26.6 Å². The molecule has 1 amide bonds. The lowest BCUT2D eigenvalue weighted by Gasteiger charge is -2.36. The number of nitrogens with zero attached hydrogens (tertiary/aromatic N) is 5. The number of carbonyl (C=O) groups is 1. The number of alkyl halides is 3. The van der Waals surface area contributed by atoms with E-state index in [1.165, 1.54) is 6.20 Å². The van der Waals surface area contributed by atoms with Gasteiger partial charge < -0.3 is 18.7 Å². The first-order chi connectivity index (χ1) is 14.7. The van der Waals surface area contributed by atoms with E-state index < -0.39 is 38.8 Å². The zero-order valence-electron chi connectivity index (χ0n) is 17.3. The first-order valence-electron chi connectivity index (χ1n) is 9.29. The summed E-state index contributed by atoms with van der Waals surface area (Å²) in [5, 5.41) is 0. The molecule has 32 heavy (non-hydrogen) atoms. The number of hydrogen-bond donors (Lipinski definition) is 0. The van der Waals surface area contributed by atoms with E-state index in [9.17, 15) is 31.2 Å². The molecule has 0 N–H and O–H groups in total. The van der Waals surface area contributed by atoms with Crippen LogP contribution in [0.2, 0.25) is 0 Å². The van der Waals surface area contributed by atoms with Crippen LogP contribution >= 0.6 is 0 Å². The molecule has 1 saturated heterocycles. The second kappa shape index (κ2) is 8.11. The third-order valence-electron chi connectivity index (χ3n) is 4.25. The van der Waals surface area contributed by atoms with Crippen molar-refractivity contribution in [3.63, 3.8) is 0 Å². The molecule has 15 heteroatoms. The van der Waals surface area contributed by atoms with Crippen LogP contribution in [0.3, 0.4) is 0 Å². The Morgan fingerprint density at radius 2 is 1.75 bits per heavy atom. The molecule has 3 heterocycles. The zero-order valence-corrected chi connectivity index (χ0v) is 18.1. The number of hydrogen-bond acceptors (Lipinski definition) is 9. The lowest BCUT2D eigenvalue weighted by molar-refractivity contribution is -0.0501. The molecule has 11 nitrogen and oxygen atoms in total. The van der Waals surface area contributed by atoms with Crippen molar-refractivity contribution in [2.45, 2.75) is 31.9 Å². The highest BCUT2D eigenvalue weighted by atomic mass is 32.2. The molecule has 0 aliphatic carbocycles. The molecule has 0 bridgehead atoms. The number of halogens is 3. The maximum atomic E-state index is 12.5. The van der Waals surface area contributed by atoms with Crippen molar-refractivity contribution in [2.75, 3.05) is 31.1 Å². The van der Waals surface area contributed by atoms with Gasteiger partial charge in [-0.15, -0.1) is 0 Å². The number of rotatable bonds is 3. The van der Waals surface area contributed by atoms with Gasteiger partial charge in [0.2, 0.25) is 5.88 Å². The number of carbonyl (C=O) groups excluding carboxylic acids is 1. The number of amides is 1. The van der Waals surface area contributed by atoms with E-state index in [2.05, 4.69) is 14.2 Å². The summed E-state index contributed by atoms with van der Waals surface area (Å²) in [5.74, 6) is -0.658. The molecule has 0 aromatic carbocycles. The van der Waals surface area contributed by atoms with Crippen molar-refractivity contribution in [1.82, 2.24) is 19.3 Å². The topological polar surface area (TPSA) is 123 Å². The fourth-order valence-corrected chi connectivity index (χ4v) is 3.20. The molecule has 3 rings (SSSR count). The molecule has 1 fully saturated rings. The van der Waals surface area contributed by atoms with Crippen LogP contribution < -0.4 is 14.6 Å². The molecular weight excluding hydrogens is 459 g/mol. The zero-order chi connectivity index (χ0) is 23.9. The lowest BCUT2D eigenvalue weighted by atomic mass is 10.2. The van der Waals surface area contributed by atoms with Gasteiger partial charge in [-0.3, -0.25) is 9.20 Å². The molecule has 176 valence electrons. The van der Waals surface area contributed by atoms with Gasteiger partial charge in [0.15, 0.2) is 5.65 Å². The van der Waals surface area contributed by atoms with Crippen molar-refractivity contribution < 1.29 is 35.3 Å². The van der Waals surface area contributed by atoms with Crippen LogP contribution in [0.4, 0.5) is 23.8 Å². The van der Waals surface area contributed by atoms with Gasteiger partial charge in [0.25, 0.3) is 5.56 Å². The summed E-state index contributed by atoms with van der Waals surface area (Å²) in [6, 6.07) is 0.528. The van der Waals surface area contributed by atoms with Crippen LogP contribution in [-0.2, 0) is 14.9 Å². The number of aromatic nitrogens is 3. The fourth-order valence-electron chi connectivity index (χ4n) is 2.79. The maximum absolute atomic E-state index is 12.5. The molecule has 0 spiro atoms. The smallest absolute Gasteiger partial charge is 0.444 e. The number of piperazine rings is 1. The Hall–Kier alpha value is -3.10. The molecule has 0 radical (unpaired) electrons. The van der Waals surface area contributed by atoms with Crippen LogP contribution in [0, 0.1) is 0 Å². The Morgan fingerprint density at radius 3 is 2.31 bits per heavy atom. The van der Waals surface area contributed by atoms with Crippen molar-refractivity contribution in [3.8, 4) is 5.88 Å². The van der Waals surface area contributed by atoms with Crippen LogP contribution in [-0.4, -0.2) is 71.1 Å². The average molecular weight is 479 g/mol. The quantitative estimate of drug-likeness (QED) is 0.474. The van der Waals surface area contributed by atoms with Gasteiger partial charge >= 0.3 is 21.7 Å². The molecule has 0 unspecified atom stereocenters. The van der Waals surface area contributed by atoms with Gasteiger partial charge in [0, 0.05) is 26.2 Å². The van der Waals surface area contributed by atoms with E-state index >= 15 is 0 Å². The molecule has 2 aromatic rings. The first-order valence-corrected chi connectivity index (χ1v) is 10.7. The van der Waals surface area contributed by atoms with Crippen molar-refractivity contribution in [1.29, 1.82) is 0 Å². The maximum Gasteiger partial charge on any atom is 0.534 e. The summed E-state index contributed by atoms with van der Waals surface area (Å²) in [7, 11) is -5.97. The summed E-state index contributed by atoms with van der Waals surface area (Å²) < 4.78 is 69.9. The normalized spacial score (nSPS) is 15.7. The molecule has 0 saturated carbocycles. The number of anilines is 1. The van der Waals surface area contributed by atoms with Crippen LogP contribution in [0.25, 0.3) is 5.65 Å². The van der Waals surface area contributed by atoms with Crippen LogP contribution in [0.1, 0.15) is 20.8 Å². The Kier molecular flexibility index (Phi) is 5.97. The summed E-state index contributed by atoms with van der Waals surface area (Å²) in [5.41, 5.74) is -7.35. The van der Waals surface area contributed by atoms with E-state index in [4.69, 9.17) is 4.74 Å². The van der Waals surface area contributed by atoms with Crippen LogP contribution in [0.5, 0.6) is 5.88 Å². The minimum absolute atomic E-state index is 0.207. The summed E-state index contributed by atoms with van der Waals surface area (Å²) in [4.78, 5) is 35.5. The third kappa shape index (κ3) is 5.20. The Labute approximate surface area is 180 Å². The SMILES string of the molecule is CC(C)(C)OC(=O)N1CCN(c2cn3c(=O)cc(OS(=O)(=O)C(F)(F)F)nc3cn2)CC1. The Bertz CT molecular complexity index is 1180. The van der Waals surface area contributed by atoms with E-state index in [0.29, 0.717) is 38.1 Å². The predicted molar refractivity (Wildman–Crippen MR) is 105 cm³/mol. The van der Waals surface area contributed by atoms with Crippen molar-refractivity contribution in [2.24, 2.45) is 0 Å².